The smallest absolute Gasteiger partial charge is 0.261 e. The van der Waals surface area contributed by atoms with E-state index in [2.05, 4.69) is 5.32 Å². The molecule has 6 nitrogen and oxygen atoms in total. The van der Waals surface area contributed by atoms with Crippen LogP contribution < -0.4 is 10.1 Å². The molecule has 0 radical (unpaired) electrons. The maximum atomic E-state index is 12.3. The first-order valence-electron chi connectivity index (χ1n) is 8.51. The summed E-state index contributed by atoms with van der Waals surface area (Å²) in [6.45, 7) is 2.02. The van der Waals surface area contributed by atoms with Crippen molar-refractivity contribution in [3.8, 4) is 5.75 Å². The number of methoxy groups -OCH3 is 1. The second-order valence-electron chi connectivity index (χ2n) is 6.26. The Balaban J connectivity index is 1.58. The molecule has 0 aliphatic carbocycles. The number of benzene rings is 2. The predicted octanol–water partition coefficient (Wildman–Crippen LogP) is 3.67. The lowest BCUT2D eigenvalue weighted by atomic mass is 10.1. The van der Waals surface area contributed by atoms with Gasteiger partial charge in [0.15, 0.2) is 0 Å². The van der Waals surface area contributed by atoms with Crippen molar-refractivity contribution in [2.75, 3.05) is 19.0 Å². The Bertz CT molecular complexity index is 891. The van der Waals surface area contributed by atoms with E-state index in [1.54, 1.807) is 36.4 Å². The Labute approximate surface area is 162 Å². The zero-order valence-corrected chi connectivity index (χ0v) is 15.8. The number of anilines is 1. The van der Waals surface area contributed by atoms with Crippen molar-refractivity contribution >= 4 is 35.0 Å². The van der Waals surface area contributed by atoms with Crippen molar-refractivity contribution in [1.82, 2.24) is 4.90 Å². The zero-order chi connectivity index (χ0) is 19.6. The van der Waals surface area contributed by atoms with E-state index in [9.17, 15) is 14.4 Å². The molecule has 7 heteroatoms. The number of nitrogens with zero attached hydrogens (tertiary/aromatic N) is 1. The van der Waals surface area contributed by atoms with Crippen LogP contribution in [0.2, 0.25) is 5.02 Å². The van der Waals surface area contributed by atoms with Crippen LogP contribution >= 0.6 is 11.6 Å². The van der Waals surface area contributed by atoms with Gasteiger partial charge < -0.3 is 10.1 Å². The molecular formula is C20H19ClN2O4. The first kappa shape index (κ1) is 18.9. The summed E-state index contributed by atoms with van der Waals surface area (Å²) in [6.07, 6.45) is 0.532. The molecule has 1 heterocycles. The van der Waals surface area contributed by atoms with Gasteiger partial charge in [0.05, 0.1) is 23.9 Å². The third-order valence-corrected chi connectivity index (χ3v) is 4.83. The molecule has 0 bridgehead atoms. The van der Waals surface area contributed by atoms with Crippen LogP contribution in [0.3, 0.4) is 0 Å². The van der Waals surface area contributed by atoms with E-state index in [4.69, 9.17) is 16.3 Å². The van der Waals surface area contributed by atoms with Gasteiger partial charge in [0.2, 0.25) is 5.91 Å². The number of fused-ring (bicyclic) bond motifs is 1. The molecule has 2 aromatic rings. The highest BCUT2D eigenvalue weighted by Crippen LogP contribution is 2.31. The topological polar surface area (TPSA) is 75.7 Å². The van der Waals surface area contributed by atoms with Crippen LogP contribution in [0.15, 0.2) is 36.4 Å². The number of nitrogens with one attached hydrogen (secondary N) is 1. The van der Waals surface area contributed by atoms with Crippen LogP contribution in [0.1, 0.15) is 39.1 Å². The number of hydrogen-bond acceptors (Lipinski definition) is 4. The van der Waals surface area contributed by atoms with E-state index >= 15 is 0 Å². The maximum absolute atomic E-state index is 12.3. The maximum Gasteiger partial charge on any atom is 0.261 e. The Kier molecular flexibility index (Phi) is 5.46. The Morgan fingerprint density at radius 2 is 1.78 bits per heavy atom. The van der Waals surface area contributed by atoms with Crippen molar-refractivity contribution < 1.29 is 19.1 Å². The van der Waals surface area contributed by atoms with Gasteiger partial charge in [0, 0.05) is 24.1 Å². The van der Waals surface area contributed by atoms with E-state index in [0.717, 1.165) is 5.56 Å². The molecule has 1 N–H and O–H groups in total. The van der Waals surface area contributed by atoms with E-state index in [0.29, 0.717) is 34.0 Å². The van der Waals surface area contributed by atoms with Crippen molar-refractivity contribution in [1.29, 1.82) is 0 Å². The number of carbonyl (C=O) groups excluding carboxylic acids is 3. The van der Waals surface area contributed by atoms with Crippen molar-refractivity contribution in [3.05, 3.63) is 58.1 Å². The van der Waals surface area contributed by atoms with E-state index in [1.807, 2.05) is 6.92 Å². The summed E-state index contributed by atoms with van der Waals surface area (Å²) in [6, 6.07) is 10.1. The number of carbonyl (C=O) groups is 3. The summed E-state index contributed by atoms with van der Waals surface area (Å²) in [4.78, 5) is 38.0. The molecule has 0 fully saturated rings. The highest BCUT2D eigenvalue weighted by Gasteiger charge is 2.34. The number of amides is 3. The van der Waals surface area contributed by atoms with Gasteiger partial charge in [-0.25, -0.2) is 0 Å². The number of ether oxygens (including phenoxy) is 1. The fraction of sp³-hybridized carbons (Fsp3) is 0.250. The first-order valence-corrected chi connectivity index (χ1v) is 8.89. The molecule has 0 aromatic heterocycles. The molecule has 1 aliphatic rings. The fourth-order valence-electron chi connectivity index (χ4n) is 2.98. The van der Waals surface area contributed by atoms with E-state index in [-0.39, 0.29) is 30.7 Å². The average Bonchev–Trinajstić information content (AvgIpc) is 2.89. The second-order valence-corrected chi connectivity index (χ2v) is 6.67. The largest absolute Gasteiger partial charge is 0.495 e. The lowest BCUT2D eigenvalue weighted by Gasteiger charge is -2.14. The van der Waals surface area contributed by atoms with Gasteiger partial charge in [-0.1, -0.05) is 23.7 Å². The van der Waals surface area contributed by atoms with Crippen LogP contribution in [0.5, 0.6) is 5.75 Å². The average molecular weight is 387 g/mol. The molecule has 0 saturated heterocycles. The van der Waals surface area contributed by atoms with Gasteiger partial charge in [0.25, 0.3) is 11.8 Å². The Morgan fingerprint density at radius 1 is 1.15 bits per heavy atom. The molecule has 0 spiro atoms. The Morgan fingerprint density at radius 3 is 2.37 bits per heavy atom. The summed E-state index contributed by atoms with van der Waals surface area (Å²) < 4.78 is 5.24. The summed E-state index contributed by atoms with van der Waals surface area (Å²) in [5.41, 5.74) is 2.17. The highest BCUT2D eigenvalue weighted by atomic mass is 35.5. The zero-order valence-electron chi connectivity index (χ0n) is 15.0. The summed E-state index contributed by atoms with van der Waals surface area (Å²) in [7, 11) is 1.50. The minimum absolute atomic E-state index is 0.165. The van der Waals surface area contributed by atoms with Crippen LogP contribution in [0.4, 0.5) is 5.69 Å². The van der Waals surface area contributed by atoms with E-state index in [1.165, 1.54) is 12.0 Å². The molecule has 3 amide bonds. The summed E-state index contributed by atoms with van der Waals surface area (Å²) >= 11 is 6.06. The van der Waals surface area contributed by atoms with Crippen molar-refractivity contribution in [3.63, 3.8) is 0 Å². The lowest BCUT2D eigenvalue weighted by molar-refractivity contribution is -0.116. The number of halogens is 1. The SMILES string of the molecule is COc1cc(Cl)c(C)cc1NC(=O)CCCN1C(=O)c2ccccc2C1=O. The van der Waals surface area contributed by atoms with Crippen LogP contribution in [-0.4, -0.2) is 36.3 Å². The van der Waals surface area contributed by atoms with Crippen LogP contribution in [0, 0.1) is 6.92 Å². The molecular weight excluding hydrogens is 368 g/mol. The fourth-order valence-corrected chi connectivity index (χ4v) is 3.14. The molecule has 0 atom stereocenters. The number of rotatable bonds is 6. The minimum atomic E-state index is -0.314. The quantitative estimate of drug-likeness (QED) is 0.768. The summed E-state index contributed by atoms with van der Waals surface area (Å²) in [5.74, 6) is -0.386. The minimum Gasteiger partial charge on any atom is -0.495 e. The lowest BCUT2D eigenvalue weighted by Crippen LogP contribution is -2.31. The van der Waals surface area contributed by atoms with Gasteiger partial charge in [-0.05, 0) is 37.1 Å². The van der Waals surface area contributed by atoms with Gasteiger partial charge >= 0.3 is 0 Å². The molecule has 0 unspecified atom stereocenters. The Hall–Kier alpha value is -2.86. The predicted molar refractivity (Wildman–Crippen MR) is 102 cm³/mol. The second kappa shape index (κ2) is 7.80. The standard InChI is InChI=1S/C20H19ClN2O4/c1-12-10-16(17(27-2)11-15(12)21)22-18(24)8-5-9-23-19(25)13-6-3-4-7-14(13)20(23)26/h3-4,6-7,10-11H,5,8-9H2,1-2H3,(H,22,24). The normalized spacial score (nSPS) is 12.9. The first-order chi connectivity index (χ1) is 12.9. The molecule has 3 rings (SSSR count). The third-order valence-electron chi connectivity index (χ3n) is 4.42. The third kappa shape index (κ3) is 3.80. The number of aryl methyl sites for hydroxylation is 1. The van der Waals surface area contributed by atoms with Gasteiger partial charge in [-0.15, -0.1) is 0 Å². The van der Waals surface area contributed by atoms with Gasteiger partial charge in [-0.3, -0.25) is 19.3 Å². The molecule has 27 heavy (non-hydrogen) atoms. The van der Waals surface area contributed by atoms with Gasteiger partial charge in [0.1, 0.15) is 5.75 Å². The highest BCUT2D eigenvalue weighted by molar-refractivity contribution is 6.31. The monoisotopic (exact) mass is 386 g/mol. The molecule has 1 aliphatic heterocycles. The van der Waals surface area contributed by atoms with Crippen LogP contribution in [-0.2, 0) is 4.79 Å². The van der Waals surface area contributed by atoms with Crippen LogP contribution in [0.25, 0.3) is 0 Å². The summed E-state index contributed by atoms with van der Waals surface area (Å²) in [5, 5.41) is 3.33. The van der Waals surface area contributed by atoms with Crippen molar-refractivity contribution in [2.24, 2.45) is 0 Å². The molecule has 2 aromatic carbocycles. The molecule has 0 saturated carbocycles. The van der Waals surface area contributed by atoms with Crippen molar-refractivity contribution in [2.45, 2.75) is 19.8 Å². The van der Waals surface area contributed by atoms with E-state index < -0.39 is 0 Å². The number of imide groups is 1. The van der Waals surface area contributed by atoms with Gasteiger partial charge in [-0.2, -0.15) is 0 Å². The molecule has 140 valence electrons. The number of hydrogen-bond donors (Lipinski definition) is 1.